The predicted molar refractivity (Wildman–Crippen MR) is 68.4 cm³/mol. The Balaban J connectivity index is 2.14. The molecule has 104 valence electrons. The molecule has 1 amide bonds. The number of hydrogen-bond donors (Lipinski definition) is 1. The number of amides is 1. The minimum atomic E-state index is -4.41. The molecule has 6 heteroatoms. The van der Waals surface area contributed by atoms with Gasteiger partial charge in [0, 0.05) is 11.8 Å². The Bertz CT molecular complexity index is 621. The van der Waals surface area contributed by atoms with E-state index in [1.807, 2.05) is 6.92 Å². The number of alkyl halides is 3. The molecule has 0 aliphatic heterocycles. The summed E-state index contributed by atoms with van der Waals surface area (Å²) >= 11 is 0. The molecule has 0 aliphatic rings. The van der Waals surface area contributed by atoms with Gasteiger partial charge in [0.15, 0.2) is 0 Å². The first kappa shape index (κ1) is 14.0. The number of carbonyl (C=O) groups excluding carboxylic acids is 1. The van der Waals surface area contributed by atoms with Crippen molar-refractivity contribution in [1.82, 2.24) is 4.98 Å². The van der Waals surface area contributed by atoms with Crippen molar-refractivity contribution >= 4 is 11.7 Å². The van der Waals surface area contributed by atoms with Crippen molar-refractivity contribution in [2.24, 2.45) is 0 Å². The van der Waals surface area contributed by atoms with Gasteiger partial charge in [0.05, 0.1) is 5.56 Å². The first-order valence-electron chi connectivity index (χ1n) is 5.77. The van der Waals surface area contributed by atoms with Crippen LogP contribution in [-0.2, 0) is 6.18 Å². The molecule has 0 saturated heterocycles. The molecule has 0 aliphatic carbocycles. The minimum Gasteiger partial charge on any atom is -0.307 e. The van der Waals surface area contributed by atoms with E-state index < -0.39 is 17.6 Å². The molecule has 0 saturated carbocycles. The Morgan fingerprint density at radius 3 is 2.35 bits per heavy atom. The fraction of sp³-hybridized carbons (Fsp3) is 0.143. The Morgan fingerprint density at radius 1 is 1.15 bits per heavy atom. The standard InChI is InChI=1S/C14H11F3N2O/c1-9-6-7-18-12(8-9)19-13(20)10-2-4-11(5-3-10)14(15,16)17/h2-8H,1H3,(H,18,19,20). The van der Waals surface area contributed by atoms with E-state index in [1.165, 1.54) is 6.20 Å². The molecule has 1 N–H and O–H groups in total. The highest BCUT2D eigenvalue weighted by molar-refractivity contribution is 6.03. The van der Waals surface area contributed by atoms with Crippen molar-refractivity contribution in [3.63, 3.8) is 0 Å². The topological polar surface area (TPSA) is 42.0 Å². The maximum atomic E-state index is 12.4. The average Bonchev–Trinajstić information content (AvgIpc) is 2.38. The lowest BCUT2D eigenvalue weighted by Gasteiger charge is -2.08. The van der Waals surface area contributed by atoms with Crippen molar-refractivity contribution in [3.8, 4) is 0 Å². The molecule has 0 spiro atoms. The zero-order valence-corrected chi connectivity index (χ0v) is 10.5. The molecule has 0 fully saturated rings. The van der Waals surface area contributed by atoms with E-state index in [0.29, 0.717) is 5.82 Å². The molecule has 2 rings (SSSR count). The maximum Gasteiger partial charge on any atom is 0.416 e. The van der Waals surface area contributed by atoms with Gasteiger partial charge in [-0.15, -0.1) is 0 Å². The normalized spacial score (nSPS) is 11.2. The molecule has 1 aromatic carbocycles. The number of nitrogens with zero attached hydrogens (tertiary/aromatic N) is 1. The summed E-state index contributed by atoms with van der Waals surface area (Å²) in [5, 5.41) is 2.53. The molecule has 2 aromatic rings. The maximum absolute atomic E-state index is 12.4. The number of nitrogens with one attached hydrogen (secondary N) is 1. The highest BCUT2D eigenvalue weighted by Gasteiger charge is 2.30. The molecule has 20 heavy (non-hydrogen) atoms. The average molecular weight is 280 g/mol. The van der Waals surface area contributed by atoms with E-state index in [2.05, 4.69) is 10.3 Å². The second-order valence-electron chi connectivity index (χ2n) is 4.25. The van der Waals surface area contributed by atoms with Crippen molar-refractivity contribution in [3.05, 3.63) is 59.3 Å². The summed E-state index contributed by atoms with van der Waals surface area (Å²) in [6.07, 6.45) is -2.87. The SMILES string of the molecule is Cc1ccnc(NC(=O)c2ccc(C(F)(F)F)cc2)c1. The van der Waals surface area contributed by atoms with Gasteiger partial charge in [-0.3, -0.25) is 4.79 Å². The summed E-state index contributed by atoms with van der Waals surface area (Å²) < 4.78 is 37.2. The van der Waals surface area contributed by atoms with Crippen LogP contribution in [0.5, 0.6) is 0 Å². The fourth-order valence-corrected chi connectivity index (χ4v) is 1.60. The fourth-order valence-electron chi connectivity index (χ4n) is 1.60. The number of aryl methyl sites for hydroxylation is 1. The third kappa shape index (κ3) is 3.34. The van der Waals surface area contributed by atoms with Gasteiger partial charge in [-0.25, -0.2) is 4.98 Å². The number of rotatable bonds is 2. The van der Waals surface area contributed by atoms with Crippen molar-refractivity contribution in [1.29, 1.82) is 0 Å². The molecule has 1 heterocycles. The van der Waals surface area contributed by atoms with E-state index >= 15 is 0 Å². The van der Waals surface area contributed by atoms with E-state index in [9.17, 15) is 18.0 Å². The van der Waals surface area contributed by atoms with Gasteiger partial charge < -0.3 is 5.32 Å². The van der Waals surface area contributed by atoms with Crippen LogP contribution in [0.25, 0.3) is 0 Å². The number of aromatic nitrogens is 1. The van der Waals surface area contributed by atoms with Gasteiger partial charge in [0.25, 0.3) is 5.91 Å². The zero-order chi connectivity index (χ0) is 14.8. The Kier molecular flexibility index (Phi) is 3.74. The van der Waals surface area contributed by atoms with Gasteiger partial charge in [0.2, 0.25) is 0 Å². The lowest BCUT2D eigenvalue weighted by molar-refractivity contribution is -0.137. The molecular weight excluding hydrogens is 269 g/mol. The van der Waals surface area contributed by atoms with Crippen LogP contribution >= 0.6 is 0 Å². The van der Waals surface area contributed by atoms with Crippen molar-refractivity contribution in [2.75, 3.05) is 5.32 Å². The Labute approximate surface area is 113 Å². The second-order valence-corrected chi connectivity index (χ2v) is 4.25. The summed E-state index contributed by atoms with van der Waals surface area (Å²) in [5.74, 6) is -0.147. The number of carbonyl (C=O) groups is 1. The van der Waals surface area contributed by atoms with Gasteiger partial charge in [-0.2, -0.15) is 13.2 Å². The zero-order valence-electron chi connectivity index (χ0n) is 10.5. The highest BCUT2D eigenvalue weighted by Crippen LogP contribution is 2.29. The summed E-state index contributed by atoms with van der Waals surface area (Å²) in [5.41, 5.74) is 0.270. The van der Waals surface area contributed by atoms with Crippen LogP contribution in [0, 0.1) is 6.92 Å². The summed E-state index contributed by atoms with van der Waals surface area (Å²) in [4.78, 5) is 15.8. The smallest absolute Gasteiger partial charge is 0.307 e. The number of hydrogen-bond acceptors (Lipinski definition) is 2. The quantitative estimate of drug-likeness (QED) is 0.912. The molecular formula is C14H11F3N2O. The number of benzene rings is 1. The lowest BCUT2D eigenvalue weighted by atomic mass is 10.1. The van der Waals surface area contributed by atoms with E-state index in [4.69, 9.17) is 0 Å². The first-order chi connectivity index (χ1) is 9.36. The Morgan fingerprint density at radius 2 is 1.80 bits per heavy atom. The molecule has 0 bridgehead atoms. The van der Waals surface area contributed by atoms with Gasteiger partial charge in [-0.05, 0) is 48.9 Å². The van der Waals surface area contributed by atoms with E-state index in [-0.39, 0.29) is 5.56 Å². The molecule has 3 nitrogen and oxygen atoms in total. The third-order valence-corrected chi connectivity index (χ3v) is 2.63. The second kappa shape index (κ2) is 5.32. The molecule has 0 radical (unpaired) electrons. The van der Waals surface area contributed by atoms with Crippen LogP contribution in [-0.4, -0.2) is 10.9 Å². The largest absolute Gasteiger partial charge is 0.416 e. The first-order valence-corrected chi connectivity index (χ1v) is 5.77. The van der Waals surface area contributed by atoms with E-state index in [0.717, 1.165) is 29.8 Å². The van der Waals surface area contributed by atoms with Gasteiger partial charge in [0.1, 0.15) is 5.82 Å². The van der Waals surface area contributed by atoms with Crippen LogP contribution in [0.15, 0.2) is 42.6 Å². The van der Waals surface area contributed by atoms with Crippen LogP contribution in [0.3, 0.4) is 0 Å². The summed E-state index contributed by atoms with van der Waals surface area (Å²) in [7, 11) is 0. The predicted octanol–water partition coefficient (Wildman–Crippen LogP) is 3.66. The van der Waals surface area contributed by atoms with Crippen LogP contribution in [0.2, 0.25) is 0 Å². The number of pyridine rings is 1. The Hall–Kier alpha value is -2.37. The number of anilines is 1. The van der Waals surface area contributed by atoms with Crippen LogP contribution < -0.4 is 5.32 Å². The summed E-state index contributed by atoms with van der Waals surface area (Å²) in [6.45, 7) is 1.84. The van der Waals surface area contributed by atoms with Crippen molar-refractivity contribution < 1.29 is 18.0 Å². The van der Waals surface area contributed by atoms with Gasteiger partial charge >= 0.3 is 6.18 Å². The molecule has 1 aromatic heterocycles. The number of halogens is 3. The van der Waals surface area contributed by atoms with Gasteiger partial charge in [-0.1, -0.05) is 0 Å². The van der Waals surface area contributed by atoms with Crippen molar-refractivity contribution in [2.45, 2.75) is 13.1 Å². The van der Waals surface area contributed by atoms with Crippen LogP contribution in [0.1, 0.15) is 21.5 Å². The minimum absolute atomic E-state index is 0.140. The molecule has 0 atom stereocenters. The van der Waals surface area contributed by atoms with E-state index in [1.54, 1.807) is 12.1 Å². The summed E-state index contributed by atoms with van der Waals surface area (Å²) in [6, 6.07) is 7.45. The monoisotopic (exact) mass is 280 g/mol. The highest BCUT2D eigenvalue weighted by atomic mass is 19.4. The third-order valence-electron chi connectivity index (χ3n) is 2.63. The van der Waals surface area contributed by atoms with Crippen LogP contribution in [0.4, 0.5) is 19.0 Å². The molecule has 0 unspecified atom stereocenters. The lowest BCUT2D eigenvalue weighted by Crippen LogP contribution is -2.13.